The zero-order chi connectivity index (χ0) is 11.5. The number of aromatic amines is 1. The van der Waals surface area contributed by atoms with Gasteiger partial charge in [0.15, 0.2) is 0 Å². The Hall–Kier alpha value is -0.840. The summed E-state index contributed by atoms with van der Waals surface area (Å²) >= 11 is 9.49. The molecule has 16 heavy (non-hydrogen) atoms. The predicted molar refractivity (Wildman–Crippen MR) is 68.4 cm³/mol. The summed E-state index contributed by atoms with van der Waals surface area (Å²) < 4.78 is 0.966. The first-order valence-electron chi connectivity index (χ1n) is 4.85. The molecule has 2 aromatic rings. The van der Waals surface area contributed by atoms with E-state index in [1.807, 2.05) is 18.2 Å². The molecule has 1 atom stereocenters. The molecule has 0 saturated heterocycles. The van der Waals surface area contributed by atoms with Crippen molar-refractivity contribution in [1.82, 2.24) is 9.97 Å². The van der Waals surface area contributed by atoms with Crippen LogP contribution in [0.2, 0.25) is 5.02 Å². The van der Waals surface area contributed by atoms with Gasteiger partial charge < -0.3 is 10.7 Å². The highest BCUT2D eigenvalue weighted by Crippen LogP contribution is 2.24. The third kappa shape index (κ3) is 2.64. The SMILES string of the molecule is NC(Cc1ccc(Br)cc1Cl)c1ncc[nH]1. The Morgan fingerprint density at radius 2 is 2.31 bits per heavy atom. The topological polar surface area (TPSA) is 54.7 Å². The van der Waals surface area contributed by atoms with Crippen molar-refractivity contribution in [3.05, 3.63) is 51.5 Å². The van der Waals surface area contributed by atoms with Gasteiger partial charge in [0, 0.05) is 21.9 Å². The van der Waals surface area contributed by atoms with Gasteiger partial charge in [-0.05, 0) is 24.1 Å². The van der Waals surface area contributed by atoms with Crippen LogP contribution in [-0.4, -0.2) is 9.97 Å². The van der Waals surface area contributed by atoms with Gasteiger partial charge in [-0.15, -0.1) is 0 Å². The van der Waals surface area contributed by atoms with Gasteiger partial charge in [-0.2, -0.15) is 0 Å². The van der Waals surface area contributed by atoms with Crippen molar-refractivity contribution in [3.8, 4) is 0 Å². The van der Waals surface area contributed by atoms with Crippen LogP contribution in [0.15, 0.2) is 35.1 Å². The van der Waals surface area contributed by atoms with Crippen molar-refractivity contribution in [2.45, 2.75) is 12.5 Å². The van der Waals surface area contributed by atoms with Gasteiger partial charge >= 0.3 is 0 Å². The van der Waals surface area contributed by atoms with E-state index in [0.29, 0.717) is 6.42 Å². The molecule has 1 heterocycles. The Morgan fingerprint density at radius 1 is 1.50 bits per heavy atom. The Balaban J connectivity index is 2.15. The molecule has 0 fully saturated rings. The Kier molecular flexibility index (Phi) is 3.63. The summed E-state index contributed by atoms with van der Waals surface area (Å²) in [5.74, 6) is 0.777. The molecule has 0 amide bonds. The second kappa shape index (κ2) is 4.99. The molecular formula is C11H11BrClN3. The van der Waals surface area contributed by atoms with Crippen molar-refractivity contribution in [1.29, 1.82) is 0 Å². The maximum absolute atomic E-state index is 6.12. The quantitative estimate of drug-likeness (QED) is 0.915. The van der Waals surface area contributed by atoms with Gasteiger partial charge in [-0.1, -0.05) is 33.6 Å². The standard InChI is InChI=1S/C11H11BrClN3/c12-8-2-1-7(9(13)6-8)5-10(14)11-15-3-4-16-11/h1-4,6,10H,5,14H2,(H,15,16). The van der Waals surface area contributed by atoms with Gasteiger partial charge in [0.2, 0.25) is 0 Å². The van der Waals surface area contributed by atoms with Crippen LogP contribution in [0.25, 0.3) is 0 Å². The average Bonchev–Trinajstić information content (AvgIpc) is 2.75. The molecule has 5 heteroatoms. The van der Waals surface area contributed by atoms with E-state index in [0.717, 1.165) is 20.9 Å². The maximum atomic E-state index is 6.12. The van der Waals surface area contributed by atoms with Crippen molar-refractivity contribution in [2.75, 3.05) is 0 Å². The zero-order valence-corrected chi connectivity index (χ0v) is 10.8. The number of H-pyrrole nitrogens is 1. The monoisotopic (exact) mass is 299 g/mol. The third-order valence-corrected chi connectivity index (χ3v) is 3.17. The smallest absolute Gasteiger partial charge is 0.123 e. The van der Waals surface area contributed by atoms with Crippen LogP contribution in [0.4, 0.5) is 0 Å². The fourth-order valence-electron chi connectivity index (χ4n) is 1.50. The van der Waals surface area contributed by atoms with Crippen molar-refractivity contribution >= 4 is 27.5 Å². The van der Waals surface area contributed by atoms with Crippen LogP contribution in [0, 0.1) is 0 Å². The number of nitrogens with two attached hydrogens (primary N) is 1. The number of nitrogens with one attached hydrogen (secondary N) is 1. The fourth-order valence-corrected chi connectivity index (χ4v) is 2.25. The molecule has 0 aliphatic carbocycles. The van der Waals surface area contributed by atoms with Crippen LogP contribution in [0.3, 0.4) is 0 Å². The lowest BCUT2D eigenvalue weighted by Gasteiger charge is -2.10. The molecule has 1 aromatic carbocycles. The average molecular weight is 301 g/mol. The first kappa shape index (κ1) is 11.6. The van der Waals surface area contributed by atoms with E-state index in [1.165, 1.54) is 0 Å². The molecule has 3 N–H and O–H groups in total. The van der Waals surface area contributed by atoms with Crippen molar-refractivity contribution in [2.24, 2.45) is 5.73 Å². The molecule has 0 radical (unpaired) electrons. The van der Waals surface area contributed by atoms with Crippen LogP contribution in [0.1, 0.15) is 17.4 Å². The summed E-state index contributed by atoms with van der Waals surface area (Å²) in [4.78, 5) is 7.13. The van der Waals surface area contributed by atoms with Crippen molar-refractivity contribution in [3.63, 3.8) is 0 Å². The lowest BCUT2D eigenvalue weighted by atomic mass is 10.1. The molecule has 1 aromatic heterocycles. The molecule has 1 unspecified atom stereocenters. The summed E-state index contributed by atoms with van der Waals surface area (Å²) in [5.41, 5.74) is 7.04. The minimum Gasteiger partial charge on any atom is -0.347 e. The van der Waals surface area contributed by atoms with Crippen LogP contribution in [0.5, 0.6) is 0 Å². The van der Waals surface area contributed by atoms with Gasteiger partial charge in [-0.25, -0.2) is 4.98 Å². The largest absolute Gasteiger partial charge is 0.347 e. The summed E-state index contributed by atoms with van der Waals surface area (Å²) in [7, 11) is 0. The maximum Gasteiger partial charge on any atom is 0.123 e. The number of hydrogen-bond donors (Lipinski definition) is 2. The van der Waals surface area contributed by atoms with Crippen LogP contribution in [-0.2, 0) is 6.42 Å². The normalized spacial score (nSPS) is 12.7. The number of benzene rings is 1. The molecule has 3 nitrogen and oxygen atoms in total. The second-order valence-corrected chi connectivity index (χ2v) is 4.84. The first-order chi connectivity index (χ1) is 7.66. The number of halogens is 2. The molecule has 2 rings (SSSR count). The first-order valence-corrected chi connectivity index (χ1v) is 6.02. The van der Waals surface area contributed by atoms with E-state index in [-0.39, 0.29) is 6.04 Å². The summed E-state index contributed by atoms with van der Waals surface area (Å²) in [5, 5.41) is 0.719. The number of nitrogens with zero attached hydrogens (tertiary/aromatic N) is 1. The Labute approximate surface area is 107 Å². The minimum absolute atomic E-state index is 0.159. The summed E-state index contributed by atoms with van der Waals surface area (Å²) in [6, 6.07) is 5.63. The highest BCUT2D eigenvalue weighted by atomic mass is 79.9. The molecular weight excluding hydrogens is 289 g/mol. The number of imidazole rings is 1. The fraction of sp³-hybridized carbons (Fsp3) is 0.182. The molecule has 84 valence electrons. The lowest BCUT2D eigenvalue weighted by Crippen LogP contribution is -2.15. The molecule has 0 spiro atoms. The zero-order valence-electron chi connectivity index (χ0n) is 8.45. The van der Waals surface area contributed by atoms with Crippen LogP contribution >= 0.6 is 27.5 Å². The minimum atomic E-state index is -0.159. The highest BCUT2D eigenvalue weighted by molar-refractivity contribution is 9.10. The van der Waals surface area contributed by atoms with E-state index in [9.17, 15) is 0 Å². The van der Waals surface area contributed by atoms with E-state index in [2.05, 4.69) is 25.9 Å². The summed E-state index contributed by atoms with van der Waals surface area (Å²) in [6.07, 6.45) is 4.12. The molecule has 0 aliphatic heterocycles. The molecule has 0 aliphatic rings. The van der Waals surface area contributed by atoms with E-state index >= 15 is 0 Å². The van der Waals surface area contributed by atoms with Crippen molar-refractivity contribution < 1.29 is 0 Å². The van der Waals surface area contributed by atoms with Gasteiger partial charge in [0.25, 0.3) is 0 Å². The molecule has 0 saturated carbocycles. The molecule has 0 bridgehead atoms. The van der Waals surface area contributed by atoms with Crippen LogP contribution < -0.4 is 5.73 Å². The summed E-state index contributed by atoms with van der Waals surface area (Å²) in [6.45, 7) is 0. The Morgan fingerprint density at radius 3 is 2.94 bits per heavy atom. The highest BCUT2D eigenvalue weighted by Gasteiger charge is 2.11. The van der Waals surface area contributed by atoms with E-state index in [1.54, 1.807) is 12.4 Å². The van der Waals surface area contributed by atoms with E-state index in [4.69, 9.17) is 17.3 Å². The van der Waals surface area contributed by atoms with E-state index < -0.39 is 0 Å². The number of hydrogen-bond acceptors (Lipinski definition) is 2. The van der Waals surface area contributed by atoms with Gasteiger partial charge in [-0.3, -0.25) is 0 Å². The predicted octanol–water partition coefficient (Wildman–Crippen LogP) is 3.07. The van der Waals surface area contributed by atoms with Gasteiger partial charge in [0.1, 0.15) is 5.82 Å². The Bertz CT molecular complexity index is 470. The van der Waals surface area contributed by atoms with Gasteiger partial charge in [0.05, 0.1) is 6.04 Å². The third-order valence-electron chi connectivity index (χ3n) is 2.33. The number of rotatable bonds is 3. The number of aromatic nitrogens is 2. The second-order valence-electron chi connectivity index (χ2n) is 3.52. The lowest BCUT2D eigenvalue weighted by molar-refractivity contribution is 0.678.